The van der Waals surface area contributed by atoms with Crippen molar-refractivity contribution in [1.29, 1.82) is 0 Å². The van der Waals surface area contributed by atoms with Gasteiger partial charge < -0.3 is 15.0 Å². The van der Waals surface area contributed by atoms with Gasteiger partial charge in [-0.05, 0) is 51.0 Å². The molecule has 0 atom stereocenters. The molecule has 1 saturated carbocycles. The molecule has 0 amide bonds. The summed E-state index contributed by atoms with van der Waals surface area (Å²) in [4.78, 5) is 2.60. The Morgan fingerprint density at radius 1 is 1.21 bits per heavy atom. The van der Waals surface area contributed by atoms with Crippen molar-refractivity contribution in [3.8, 4) is 0 Å². The van der Waals surface area contributed by atoms with E-state index < -0.39 is 0 Å². The van der Waals surface area contributed by atoms with E-state index in [4.69, 9.17) is 4.74 Å². The van der Waals surface area contributed by atoms with Gasteiger partial charge in [-0.3, -0.25) is 0 Å². The summed E-state index contributed by atoms with van der Waals surface area (Å²) in [7, 11) is 2.31. The van der Waals surface area contributed by atoms with Crippen molar-refractivity contribution in [3.63, 3.8) is 0 Å². The smallest absolute Gasteiger partial charge is 0.0472 e. The quantitative estimate of drug-likeness (QED) is 0.732. The van der Waals surface area contributed by atoms with E-state index in [0.29, 0.717) is 5.41 Å². The second kappa shape index (κ2) is 7.05. The second-order valence-corrected chi connectivity index (χ2v) is 6.65. The van der Waals surface area contributed by atoms with E-state index in [1.807, 2.05) is 0 Å². The molecule has 2 aliphatic rings. The van der Waals surface area contributed by atoms with Crippen molar-refractivity contribution in [3.05, 3.63) is 0 Å². The first-order chi connectivity index (χ1) is 9.19. The molecule has 0 aromatic rings. The SMILES string of the molecule is CCC(CC)N(C)CC1(CNC2CC2)CCOCC1. The number of hydrogen-bond donors (Lipinski definition) is 1. The molecule has 0 spiro atoms. The molecule has 1 saturated heterocycles. The van der Waals surface area contributed by atoms with Crippen LogP contribution >= 0.6 is 0 Å². The van der Waals surface area contributed by atoms with Crippen LogP contribution in [-0.2, 0) is 4.74 Å². The average Bonchev–Trinajstić information content (AvgIpc) is 3.23. The highest BCUT2D eigenvalue weighted by Gasteiger charge is 2.36. The van der Waals surface area contributed by atoms with E-state index in [-0.39, 0.29) is 0 Å². The van der Waals surface area contributed by atoms with Crippen molar-refractivity contribution in [2.75, 3.05) is 33.4 Å². The van der Waals surface area contributed by atoms with E-state index in [9.17, 15) is 0 Å². The summed E-state index contributed by atoms with van der Waals surface area (Å²) in [6, 6.07) is 1.55. The maximum absolute atomic E-state index is 5.60. The Hall–Kier alpha value is -0.120. The predicted molar refractivity (Wildman–Crippen MR) is 80.5 cm³/mol. The Morgan fingerprint density at radius 2 is 1.84 bits per heavy atom. The maximum Gasteiger partial charge on any atom is 0.0472 e. The molecular formula is C16H32N2O. The normalized spacial score (nSPS) is 23.2. The van der Waals surface area contributed by atoms with Crippen molar-refractivity contribution in [2.24, 2.45) is 5.41 Å². The van der Waals surface area contributed by atoms with Crippen LogP contribution in [0.15, 0.2) is 0 Å². The van der Waals surface area contributed by atoms with Gasteiger partial charge in [0.25, 0.3) is 0 Å². The van der Waals surface area contributed by atoms with Crippen LogP contribution in [0.5, 0.6) is 0 Å². The highest BCUT2D eigenvalue weighted by Crippen LogP contribution is 2.33. The lowest BCUT2D eigenvalue weighted by atomic mass is 9.79. The zero-order valence-electron chi connectivity index (χ0n) is 13.1. The largest absolute Gasteiger partial charge is 0.381 e. The fourth-order valence-corrected chi connectivity index (χ4v) is 3.41. The van der Waals surface area contributed by atoms with Crippen LogP contribution in [0.1, 0.15) is 52.4 Å². The number of hydrogen-bond acceptors (Lipinski definition) is 3. The summed E-state index contributed by atoms with van der Waals surface area (Å²) in [6.45, 7) is 8.92. The van der Waals surface area contributed by atoms with Gasteiger partial charge in [-0.2, -0.15) is 0 Å². The standard InChI is InChI=1S/C16H32N2O/c1-4-15(5-2)18(3)13-16(8-10-19-11-9-16)12-17-14-6-7-14/h14-15,17H,4-13H2,1-3H3. The van der Waals surface area contributed by atoms with E-state index >= 15 is 0 Å². The highest BCUT2D eigenvalue weighted by atomic mass is 16.5. The topological polar surface area (TPSA) is 24.5 Å². The minimum atomic E-state index is 0.443. The summed E-state index contributed by atoms with van der Waals surface area (Å²) >= 11 is 0. The first kappa shape index (κ1) is 15.3. The van der Waals surface area contributed by atoms with Crippen LogP contribution in [0, 0.1) is 5.41 Å². The maximum atomic E-state index is 5.60. The molecule has 0 unspecified atom stereocenters. The third-order valence-corrected chi connectivity index (χ3v) is 5.05. The van der Waals surface area contributed by atoms with Crippen LogP contribution in [0.25, 0.3) is 0 Å². The molecule has 0 aromatic heterocycles. The van der Waals surface area contributed by atoms with Crippen molar-refractivity contribution < 1.29 is 4.74 Å². The summed E-state index contributed by atoms with van der Waals surface area (Å²) in [5, 5.41) is 3.77. The Morgan fingerprint density at radius 3 is 2.37 bits per heavy atom. The Kier molecular flexibility index (Phi) is 5.67. The van der Waals surface area contributed by atoms with Crippen molar-refractivity contribution in [1.82, 2.24) is 10.2 Å². The molecule has 1 N–H and O–H groups in total. The van der Waals surface area contributed by atoms with E-state index in [0.717, 1.165) is 25.3 Å². The fourth-order valence-electron chi connectivity index (χ4n) is 3.41. The predicted octanol–water partition coefficient (Wildman–Crippen LogP) is 2.66. The highest BCUT2D eigenvalue weighted by molar-refractivity contribution is 4.91. The molecule has 3 nitrogen and oxygen atoms in total. The first-order valence-electron chi connectivity index (χ1n) is 8.20. The summed E-state index contributed by atoms with van der Waals surface area (Å²) in [5.74, 6) is 0. The molecule has 112 valence electrons. The molecule has 3 heteroatoms. The molecule has 1 heterocycles. The molecule has 1 aliphatic carbocycles. The van der Waals surface area contributed by atoms with Crippen LogP contribution < -0.4 is 5.32 Å². The lowest BCUT2D eigenvalue weighted by Crippen LogP contribution is -2.49. The Balaban J connectivity index is 1.91. The number of nitrogens with zero attached hydrogens (tertiary/aromatic N) is 1. The molecule has 2 rings (SSSR count). The number of nitrogens with one attached hydrogen (secondary N) is 1. The van der Waals surface area contributed by atoms with Gasteiger partial charge in [0, 0.05) is 38.4 Å². The van der Waals surface area contributed by atoms with Gasteiger partial charge in [-0.25, -0.2) is 0 Å². The molecule has 0 bridgehead atoms. The zero-order chi connectivity index (χ0) is 13.7. The van der Waals surface area contributed by atoms with Gasteiger partial charge >= 0.3 is 0 Å². The van der Waals surface area contributed by atoms with Crippen LogP contribution in [0.2, 0.25) is 0 Å². The minimum absolute atomic E-state index is 0.443. The Bertz CT molecular complexity index is 255. The second-order valence-electron chi connectivity index (χ2n) is 6.65. The van der Waals surface area contributed by atoms with Crippen molar-refractivity contribution >= 4 is 0 Å². The monoisotopic (exact) mass is 268 g/mol. The number of rotatable bonds is 8. The van der Waals surface area contributed by atoms with E-state index in [2.05, 4.69) is 31.1 Å². The van der Waals surface area contributed by atoms with Crippen molar-refractivity contribution in [2.45, 2.75) is 64.5 Å². The lowest BCUT2D eigenvalue weighted by molar-refractivity contribution is -0.00742. The third kappa shape index (κ3) is 4.44. The van der Waals surface area contributed by atoms with Gasteiger partial charge in [0.2, 0.25) is 0 Å². The third-order valence-electron chi connectivity index (χ3n) is 5.05. The van der Waals surface area contributed by atoms with Gasteiger partial charge in [0.1, 0.15) is 0 Å². The molecule has 1 aliphatic heterocycles. The van der Waals surface area contributed by atoms with Gasteiger partial charge in [-0.1, -0.05) is 13.8 Å². The van der Waals surface area contributed by atoms with E-state index in [1.165, 1.54) is 51.6 Å². The summed E-state index contributed by atoms with van der Waals surface area (Å²) in [6.07, 6.45) is 7.73. The molecule has 19 heavy (non-hydrogen) atoms. The molecule has 0 radical (unpaired) electrons. The molecule has 0 aromatic carbocycles. The summed E-state index contributed by atoms with van der Waals surface area (Å²) < 4.78 is 5.60. The van der Waals surface area contributed by atoms with Gasteiger partial charge in [-0.15, -0.1) is 0 Å². The summed E-state index contributed by atoms with van der Waals surface area (Å²) in [5.41, 5.74) is 0.443. The van der Waals surface area contributed by atoms with Crippen LogP contribution in [0.4, 0.5) is 0 Å². The molecule has 2 fully saturated rings. The zero-order valence-corrected chi connectivity index (χ0v) is 13.1. The minimum Gasteiger partial charge on any atom is -0.381 e. The van der Waals surface area contributed by atoms with E-state index in [1.54, 1.807) is 0 Å². The van der Waals surface area contributed by atoms with Gasteiger partial charge in [0.15, 0.2) is 0 Å². The number of ether oxygens (including phenoxy) is 1. The molecular weight excluding hydrogens is 236 g/mol. The Labute approximate surface area is 119 Å². The average molecular weight is 268 g/mol. The first-order valence-corrected chi connectivity index (χ1v) is 8.20. The van der Waals surface area contributed by atoms with Crippen LogP contribution in [0.3, 0.4) is 0 Å². The fraction of sp³-hybridized carbons (Fsp3) is 1.00. The van der Waals surface area contributed by atoms with Gasteiger partial charge in [0.05, 0.1) is 0 Å². The lowest BCUT2D eigenvalue weighted by Gasteiger charge is -2.42. The van der Waals surface area contributed by atoms with Crippen LogP contribution in [-0.4, -0.2) is 50.3 Å².